The summed E-state index contributed by atoms with van der Waals surface area (Å²) in [5.41, 5.74) is -2.40. The van der Waals surface area contributed by atoms with Crippen LogP contribution in [0.5, 0.6) is 0 Å². The predicted molar refractivity (Wildman–Crippen MR) is 133 cm³/mol. The lowest BCUT2D eigenvalue weighted by Gasteiger charge is -2.37. The quantitative estimate of drug-likeness (QED) is 0.396. The molecule has 1 saturated carbocycles. The van der Waals surface area contributed by atoms with Crippen molar-refractivity contribution in [3.8, 4) is 0 Å². The summed E-state index contributed by atoms with van der Waals surface area (Å²) in [6.45, 7) is 10.4. The summed E-state index contributed by atoms with van der Waals surface area (Å²) in [6.07, 6.45) is 2.21. The Morgan fingerprint density at radius 2 is 2.26 bits per heavy atom. The van der Waals surface area contributed by atoms with Crippen LogP contribution in [0.3, 0.4) is 0 Å². The van der Waals surface area contributed by atoms with E-state index in [2.05, 4.69) is 35.4 Å². The van der Waals surface area contributed by atoms with Crippen LogP contribution in [0.4, 0.5) is 0 Å². The number of aromatic nitrogens is 4. The van der Waals surface area contributed by atoms with Gasteiger partial charge in [0.05, 0.1) is 25.1 Å². The molecule has 13 heteroatoms. The van der Waals surface area contributed by atoms with Gasteiger partial charge >= 0.3 is 5.69 Å². The molecule has 0 aromatic carbocycles. The van der Waals surface area contributed by atoms with Crippen LogP contribution >= 0.6 is 17.1 Å². The van der Waals surface area contributed by atoms with Crippen LogP contribution in [0.25, 0.3) is 11.2 Å². The summed E-state index contributed by atoms with van der Waals surface area (Å²) < 4.78 is 20.1. The summed E-state index contributed by atoms with van der Waals surface area (Å²) in [4.78, 5) is 32.5. The number of hydrogen-bond donors (Lipinski definition) is 3. The lowest BCUT2D eigenvalue weighted by atomic mass is 9.77. The highest BCUT2D eigenvalue weighted by Crippen LogP contribution is 2.75. The molecule has 10 nitrogen and oxygen atoms in total. The summed E-state index contributed by atoms with van der Waals surface area (Å²) >= 11 is 7.50. The van der Waals surface area contributed by atoms with Gasteiger partial charge in [-0.05, 0) is 50.8 Å². The molecule has 2 aromatic rings. The van der Waals surface area contributed by atoms with Crippen LogP contribution in [-0.4, -0.2) is 54.3 Å². The van der Waals surface area contributed by atoms with E-state index < -0.39 is 35.4 Å². The van der Waals surface area contributed by atoms with Gasteiger partial charge in [0, 0.05) is 10.7 Å². The topological polar surface area (TPSA) is 131 Å². The van der Waals surface area contributed by atoms with E-state index in [0.717, 1.165) is 19.3 Å². The van der Waals surface area contributed by atoms with Crippen molar-refractivity contribution in [2.75, 3.05) is 6.61 Å². The number of allylic oxidation sites excluding steroid dienone is 1. The zero-order valence-corrected chi connectivity index (χ0v) is 21.8. The maximum absolute atomic E-state index is 12.0. The van der Waals surface area contributed by atoms with Crippen LogP contribution in [0.1, 0.15) is 46.3 Å². The number of nitrogens with one attached hydrogen (secondary N) is 2. The zero-order chi connectivity index (χ0) is 24.4. The maximum atomic E-state index is 12.0. The molecule has 1 aliphatic carbocycles. The number of aromatic amines is 2. The molecule has 0 amide bonds. The second-order valence-electron chi connectivity index (χ2n) is 9.73. The van der Waals surface area contributed by atoms with E-state index in [1.807, 2.05) is 6.92 Å². The fourth-order valence-electron chi connectivity index (χ4n) is 5.04. The van der Waals surface area contributed by atoms with Crippen molar-refractivity contribution < 1.29 is 18.9 Å². The van der Waals surface area contributed by atoms with Crippen molar-refractivity contribution in [2.24, 2.45) is 11.8 Å². The van der Waals surface area contributed by atoms with Gasteiger partial charge in [-0.25, -0.2) is 9.78 Å². The van der Waals surface area contributed by atoms with E-state index in [0.29, 0.717) is 5.92 Å². The summed E-state index contributed by atoms with van der Waals surface area (Å²) in [7, 11) is 0. The Morgan fingerprint density at radius 1 is 1.50 bits per heavy atom. The molecule has 5 rings (SSSR count). The van der Waals surface area contributed by atoms with Crippen LogP contribution < -0.4 is 11.2 Å². The first-order chi connectivity index (χ1) is 16.0. The van der Waals surface area contributed by atoms with Gasteiger partial charge in [0.15, 0.2) is 11.7 Å². The standard InChI is InChI=1S/C21H29N4O6PS2/c1-10(2)12-5-6-21(4)14(7-12)31-32(33,34-21)29-8-13-11(3)16(26)19(30-13)25-9-22-15-17(25)23-20(28)24-18(15)27/h9,11-14,16,19,26H,1,5-8H2,2-4H3,(H2,23,24,27,28)/t11-,12+,13-,14-,16-,19-,21-,32-/m1/s1. The van der Waals surface area contributed by atoms with E-state index in [9.17, 15) is 14.7 Å². The molecule has 0 unspecified atom stereocenters. The Hall–Kier alpha value is -1.27. The number of imidazole rings is 1. The van der Waals surface area contributed by atoms with Crippen molar-refractivity contribution in [1.82, 2.24) is 19.5 Å². The minimum atomic E-state index is -2.58. The van der Waals surface area contributed by atoms with Crippen LogP contribution in [0.2, 0.25) is 0 Å². The van der Waals surface area contributed by atoms with Gasteiger partial charge in [0.2, 0.25) is 5.69 Å². The zero-order valence-electron chi connectivity index (χ0n) is 19.2. The van der Waals surface area contributed by atoms with Crippen LogP contribution in [0, 0.1) is 11.8 Å². The van der Waals surface area contributed by atoms with E-state index in [4.69, 9.17) is 25.6 Å². The predicted octanol–water partition coefficient (Wildman–Crippen LogP) is 2.82. The van der Waals surface area contributed by atoms with Crippen molar-refractivity contribution in [2.45, 2.75) is 69.3 Å². The van der Waals surface area contributed by atoms with Gasteiger partial charge in [-0.2, -0.15) is 0 Å². The third kappa shape index (κ3) is 4.17. The minimum Gasteiger partial charge on any atom is -0.388 e. The number of rotatable bonds is 5. The molecule has 3 N–H and O–H groups in total. The molecule has 8 atom stereocenters. The second kappa shape index (κ2) is 8.69. The van der Waals surface area contributed by atoms with E-state index in [1.54, 1.807) is 11.4 Å². The molecule has 2 saturated heterocycles. The van der Waals surface area contributed by atoms with Crippen molar-refractivity contribution in [1.29, 1.82) is 0 Å². The van der Waals surface area contributed by atoms with E-state index in [1.165, 1.54) is 16.5 Å². The maximum Gasteiger partial charge on any atom is 0.327 e. The van der Waals surface area contributed by atoms with Gasteiger partial charge in [-0.15, -0.1) is 0 Å². The van der Waals surface area contributed by atoms with Gasteiger partial charge in [0.25, 0.3) is 5.56 Å². The number of ether oxygens (including phenoxy) is 1. The highest BCUT2D eigenvalue weighted by atomic mass is 32.9. The van der Waals surface area contributed by atoms with Crippen molar-refractivity contribution in [3.63, 3.8) is 0 Å². The van der Waals surface area contributed by atoms with Crippen LogP contribution in [-0.2, 0) is 25.6 Å². The monoisotopic (exact) mass is 528 g/mol. The largest absolute Gasteiger partial charge is 0.388 e. The second-order valence-corrected chi connectivity index (χ2v) is 16.3. The molecular weight excluding hydrogens is 499 g/mol. The summed E-state index contributed by atoms with van der Waals surface area (Å²) in [5, 5.41) is 10.9. The SMILES string of the molecule is C=C(C)[C@H]1CC[C@@]2(C)S[P@](=S)(OC[C@H]3O[C@@H](n4cnc5c(=O)[nH]c(=O)[nH]c54)[C@H](O)[C@@H]3C)O[C@@H]2C1. The highest BCUT2D eigenvalue weighted by molar-refractivity contribution is 8.68. The lowest BCUT2D eigenvalue weighted by Crippen LogP contribution is -2.39. The number of hydrogen-bond acceptors (Lipinski definition) is 9. The molecule has 0 bridgehead atoms. The fraction of sp³-hybridized carbons (Fsp3) is 0.667. The van der Waals surface area contributed by atoms with Gasteiger partial charge < -0.3 is 18.9 Å². The molecule has 186 valence electrons. The smallest absolute Gasteiger partial charge is 0.327 e. The third-order valence-electron chi connectivity index (χ3n) is 7.31. The van der Waals surface area contributed by atoms with Crippen molar-refractivity contribution in [3.05, 3.63) is 39.3 Å². The van der Waals surface area contributed by atoms with Gasteiger partial charge in [-0.3, -0.25) is 19.3 Å². The number of aliphatic hydroxyl groups is 1. The minimum absolute atomic E-state index is 0.0336. The Kier molecular flexibility index (Phi) is 6.24. The van der Waals surface area contributed by atoms with E-state index in [-0.39, 0.29) is 34.5 Å². The molecule has 2 aliphatic heterocycles. The van der Waals surface area contributed by atoms with Gasteiger partial charge in [-0.1, -0.05) is 30.5 Å². The molecular formula is C21H29N4O6PS2. The first kappa shape index (κ1) is 24.4. The number of aliphatic hydroxyl groups excluding tert-OH is 1. The Bertz CT molecular complexity index is 1290. The summed E-state index contributed by atoms with van der Waals surface area (Å²) in [6, 6.07) is 0. The molecule has 34 heavy (non-hydrogen) atoms. The third-order valence-corrected chi connectivity index (χ3v) is 13.1. The number of fused-ring (bicyclic) bond motifs is 2. The lowest BCUT2D eigenvalue weighted by molar-refractivity contribution is -0.0464. The Morgan fingerprint density at radius 3 is 3.00 bits per heavy atom. The first-order valence-electron chi connectivity index (χ1n) is 11.3. The van der Waals surface area contributed by atoms with E-state index >= 15 is 0 Å². The molecule has 3 fully saturated rings. The highest BCUT2D eigenvalue weighted by Gasteiger charge is 2.54. The first-order valence-corrected chi connectivity index (χ1v) is 15.4. The molecule has 3 aliphatic rings. The van der Waals surface area contributed by atoms with Crippen molar-refractivity contribution >= 4 is 40.0 Å². The molecule has 0 radical (unpaired) electrons. The number of H-pyrrole nitrogens is 2. The molecule has 2 aromatic heterocycles. The van der Waals surface area contributed by atoms with Crippen LogP contribution in [0.15, 0.2) is 28.1 Å². The molecule has 0 spiro atoms. The Balaban J connectivity index is 1.29. The fourth-order valence-corrected chi connectivity index (χ4v) is 12.2. The number of nitrogens with zero attached hydrogens (tertiary/aromatic N) is 2. The average Bonchev–Trinajstić information content (AvgIpc) is 3.38. The normalized spacial score (nSPS) is 40.0. The summed E-state index contributed by atoms with van der Waals surface area (Å²) in [5.74, 6) is 0.161. The Labute approximate surface area is 205 Å². The van der Waals surface area contributed by atoms with Gasteiger partial charge in [0.1, 0.15) is 11.8 Å². The molecule has 4 heterocycles. The average molecular weight is 529 g/mol.